The molecule has 0 aromatic rings. The van der Waals surface area contributed by atoms with Crippen molar-refractivity contribution in [3.05, 3.63) is 46.6 Å². The number of hydrogen-bond donors (Lipinski definition) is 0. The molecular weight excluding hydrogens is 350 g/mol. The monoisotopic (exact) mass is 375 g/mol. The van der Waals surface area contributed by atoms with Crippen molar-refractivity contribution in [3.8, 4) is 0 Å². The van der Waals surface area contributed by atoms with E-state index in [9.17, 15) is 0 Å². The normalized spacial score (nSPS) is 33.0. The Hall–Kier alpha value is -0.357. The third-order valence-corrected chi connectivity index (χ3v) is 15.8. The Kier molecular flexibility index (Phi) is 4.10. The Morgan fingerprint density at radius 1 is 0.864 bits per heavy atom. The van der Waals surface area contributed by atoms with E-state index >= 15 is 2.63 Å². The van der Waals surface area contributed by atoms with E-state index in [4.69, 9.17) is 0 Å². The van der Waals surface area contributed by atoms with E-state index in [1.54, 1.807) is 0 Å². The molecule has 0 nitrogen and oxygen atoms in total. The van der Waals surface area contributed by atoms with Gasteiger partial charge in [0.05, 0.1) is 0 Å². The number of rotatable bonds is 2. The molecule has 2 atom stereocenters. The molecule has 22 heavy (non-hydrogen) atoms. The van der Waals surface area contributed by atoms with Crippen molar-refractivity contribution in [2.45, 2.75) is 65.5 Å². The van der Waals surface area contributed by atoms with Gasteiger partial charge in [-0.15, -0.1) is 0 Å². The van der Waals surface area contributed by atoms with E-state index in [1.165, 1.54) is 60.8 Å². The number of halogens is 1. The Morgan fingerprint density at radius 2 is 1.32 bits per heavy atom. The molecule has 4 aliphatic rings. The summed E-state index contributed by atoms with van der Waals surface area (Å²) in [5.41, 5.74) is 5.94. The van der Waals surface area contributed by atoms with Crippen molar-refractivity contribution < 1.29 is 23.0 Å². The zero-order valence-corrected chi connectivity index (χ0v) is 16.0. The molecular formula is C20H26FZr. The van der Waals surface area contributed by atoms with Crippen molar-refractivity contribution >= 4 is 3.71 Å². The first-order valence-corrected chi connectivity index (χ1v) is 14.2. The molecule has 0 fully saturated rings. The fourth-order valence-electron chi connectivity index (χ4n) is 5.03. The second-order valence-electron chi connectivity index (χ2n) is 7.30. The van der Waals surface area contributed by atoms with Crippen LogP contribution in [0.5, 0.6) is 0 Å². The molecule has 0 aromatic carbocycles. The SMILES string of the molecule is C[CH]=[Zr]([F])([CH]1C=CC2=C1CCCC2)[CH]1C=CC2=C1CCCC2. The fraction of sp³-hybridized carbons (Fsp3) is 0.550. The summed E-state index contributed by atoms with van der Waals surface area (Å²) < 4.78 is 18.9. The Balaban J connectivity index is 1.73. The van der Waals surface area contributed by atoms with Gasteiger partial charge in [-0.2, -0.15) is 0 Å². The van der Waals surface area contributed by atoms with Crippen molar-refractivity contribution in [1.29, 1.82) is 0 Å². The molecule has 0 saturated heterocycles. The van der Waals surface area contributed by atoms with Gasteiger partial charge in [0.15, 0.2) is 0 Å². The van der Waals surface area contributed by atoms with Gasteiger partial charge in [0.1, 0.15) is 0 Å². The average molecular weight is 377 g/mol. The van der Waals surface area contributed by atoms with Crippen molar-refractivity contribution in [2.75, 3.05) is 0 Å². The van der Waals surface area contributed by atoms with Crippen LogP contribution in [0.15, 0.2) is 46.6 Å². The second kappa shape index (κ2) is 5.93. The van der Waals surface area contributed by atoms with Crippen LogP contribution in [0.1, 0.15) is 58.3 Å². The van der Waals surface area contributed by atoms with Gasteiger partial charge in [-0.3, -0.25) is 0 Å². The van der Waals surface area contributed by atoms with Gasteiger partial charge in [0.2, 0.25) is 0 Å². The summed E-state index contributed by atoms with van der Waals surface area (Å²) in [6.45, 7) is 2.01. The summed E-state index contributed by atoms with van der Waals surface area (Å²) in [6.07, 6.45) is 18.8. The molecule has 4 aliphatic carbocycles. The van der Waals surface area contributed by atoms with E-state index in [-0.39, 0.29) is 7.25 Å². The summed E-state index contributed by atoms with van der Waals surface area (Å²) in [7, 11) is 0. The van der Waals surface area contributed by atoms with Crippen molar-refractivity contribution in [1.82, 2.24) is 0 Å². The molecule has 2 heteroatoms. The van der Waals surface area contributed by atoms with Gasteiger partial charge in [-0.05, 0) is 0 Å². The molecule has 0 aromatic heterocycles. The minimum atomic E-state index is -3.88. The molecule has 117 valence electrons. The molecule has 0 spiro atoms. The van der Waals surface area contributed by atoms with Crippen LogP contribution in [0.3, 0.4) is 0 Å². The predicted octanol–water partition coefficient (Wildman–Crippen LogP) is 6.30. The molecule has 0 radical (unpaired) electrons. The van der Waals surface area contributed by atoms with E-state index in [1.807, 2.05) is 6.92 Å². The Morgan fingerprint density at radius 3 is 1.77 bits per heavy atom. The van der Waals surface area contributed by atoms with Crippen LogP contribution in [-0.2, 0) is 20.4 Å². The molecule has 0 heterocycles. The average Bonchev–Trinajstić information content (AvgIpc) is 3.19. The maximum absolute atomic E-state index is 16.5. The zero-order chi connectivity index (χ0) is 15.2. The zero-order valence-electron chi connectivity index (χ0n) is 13.6. The van der Waals surface area contributed by atoms with Gasteiger partial charge in [-0.25, -0.2) is 0 Å². The summed E-state index contributed by atoms with van der Waals surface area (Å²) in [4.78, 5) is 0. The van der Waals surface area contributed by atoms with Gasteiger partial charge in [0.25, 0.3) is 0 Å². The first-order chi connectivity index (χ1) is 10.7. The summed E-state index contributed by atoms with van der Waals surface area (Å²) in [5, 5.41) is 0. The van der Waals surface area contributed by atoms with E-state index in [2.05, 4.69) is 28.0 Å². The quantitative estimate of drug-likeness (QED) is 0.530. The Bertz CT molecular complexity index is 607. The van der Waals surface area contributed by atoms with Crippen LogP contribution in [0.2, 0.25) is 7.25 Å². The number of hydrogen-bond acceptors (Lipinski definition) is 0. The maximum atomic E-state index is 16.5. The van der Waals surface area contributed by atoms with E-state index < -0.39 is 20.4 Å². The second-order valence-corrected chi connectivity index (χ2v) is 15.8. The third kappa shape index (κ3) is 2.29. The standard InChI is InChI=1S/2C9H11.C2H4.FH.Zr/c2*1-2-5-9-7-3-6-8(9)4-1;1-2;;/h2*3,6-7H,1-2,4-5H2;1H,2H3;1H;/q;;;;+1/p-1. The van der Waals surface area contributed by atoms with Gasteiger partial charge in [-0.1, -0.05) is 0 Å². The van der Waals surface area contributed by atoms with Crippen LogP contribution in [0.4, 0.5) is 2.63 Å². The molecule has 0 aliphatic heterocycles. The Labute approximate surface area is 138 Å². The van der Waals surface area contributed by atoms with Crippen molar-refractivity contribution in [2.24, 2.45) is 0 Å². The van der Waals surface area contributed by atoms with Gasteiger partial charge < -0.3 is 0 Å². The van der Waals surface area contributed by atoms with Crippen LogP contribution in [-0.4, -0.2) is 3.71 Å². The summed E-state index contributed by atoms with van der Waals surface area (Å²) in [5.74, 6) is 0. The van der Waals surface area contributed by atoms with E-state index in [0.29, 0.717) is 0 Å². The predicted molar refractivity (Wildman–Crippen MR) is 89.6 cm³/mol. The van der Waals surface area contributed by atoms with Crippen LogP contribution in [0, 0.1) is 0 Å². The van der Waals surface area contributed by atoms with Gasteiger partial charge >= 0.3 is 139 Å². The van der Waals surface area contributed by atoms with Crippen LogP contribution in [0.25, 0.3) is 0 Å². The van der Waals surface area contributed by atoms with Gasteiger partial charge in [0, 0.05) is 0 Å². The molecule has 0 saturated carbocycles. The topological polar surface area (TPSA) is 0 Å². The molecule has 4 rings (SSSR count). The minimum absolute atomic E-state index is 0.179. The van der Waals surface area contributed by atoms with Crippen LogP contribution < -0.4 is 0 Å². The van der Waals surface area contributed by atoms with E-state index in [0.717, 1.165) is 12.8 Å². The molecule has 0 N–H and O–H groups in total. The fourth-order valence-corrected chi connectivity index (χ4v) is 13.9. The first-order valence-electron chi connectivity index (χ1n) is 9.03. The molecule has 2 unspecified atom stereocenters. The third-order valence-electron chi connectivity index (χ3n) is 6.24. The summed E-state index contributed by atoms with van der Waals surface area (Å²) in [6, 6.07) is 0. The summed E-state index contributed by atoms with van der Waals surface area (Å²) >= 11 is -3.88. The van der Waals surface area contributed by atoms with Crippen LogP contribution >= 0.6 is 0 Å². The molecule has 0 amide bonds. The molecule has 0 bridgehead atoms. The first kappa shape index (κ1) is 15.2. The van der Waals surface area contributed by atoms with Crippen molar-refractivity contribution in [3.63, 3.8) is 0 Å². The number of allylic oxidation sites excluding steroid dienone is 8.